The highest BCUT2D eigenvalue weighted by Crippen LogP contribution is 2.58. The van der Waals surface area contributed by atoms with Crippen molar-refractivity contribution in [3.63, 3.8) is 0 Å². The van der Waals surface area contributed by atoms with E-state index in [-0.39, 0.29) is 74.9 Å². The van der Waals surface area contributed by atoms with Gasteiger partial charge in [-0.25, -0.2) is 0 Å². The molecule has 0 aliphatic carbocycles. The summed E-state index contributed by atoms with van der Waals surface area (Å²) in [4.78, 5) is 30.2. The molecule has 8 aromatic rings. The van der Waals surface area contributed by atoms with E-state index in [1.165, 1.54) is 134 Å². The van der Waals surface area contributed by atoms with Crippen LogP contribution < -0.4 is 8.46 Å². The van der Waals surface area contributed by atoms with Crippen LogP contribution in [-0.2, 0) is 0 Å². The second kappa shape index (κ2) is 32.5. The zero-order valence-corrected chi connectivity index (χ0v) is 73.9. The van der Waals surface area contributed by atoms with Crippen molar-refractivity contribution in [1.82, 2.24) is 0 Å². The van der Waals surface area contributed by atoms with Crippen molar-refractivity contribution in [2.24, 2.45) is 0 Å². The molecule has 1 fully saturated rings. The van der Waals surface area contributed by atoms with Crippen LogP contribution in [0.4, 0.5) is 11.4 Å². The third kappa shape index (κ3) is 16.2. The van der Waals surface area contributed by atoms with E-state index in [2.05, 4.69) is 347 Å². The molecule has 1 aliphatic heterocycles. The molecule has 1 saturated heterocycles. The van der Waals surface area contributed by atoms with Gasteiger partial charge in [0.1, 0.15) is 0 Å². The van der Waals surface area contributed by atoms with E-state index in [1.54, 1.807) is 0 Å². The van der Waals surface area contributed by atoms with E-state index < -0.39 is 8.88 Å². The van der Waals surface area contributed by atoms with E-state index in [0.29, 0.717) is 35.5 Å². The molecular formula is C99H138N2O2Si2. The minimum atomic E-state index is -4.95. The van der Waals surface area contributed by atoms with E-state index in [9.17, 15) is 0 Å². The Balaban J connectivity index is 1.60. The topological polar surface area (TPSA) is 46.9 Å². The van der Waals surface area contributed by atoms with Gasteiger partial charge in [-0.2, -0.15) is 0 Å². The quantitative estimate of drug-likeness (QED) is 0.0560. The highest BCUT2D eigenvalue weighted by Gasteiger charge is 2.61. The third-order valence-corrected chi connectivity index (χ3v) is 28.1. The molecule has 564 valence electrons. The summed E-state index contributed by atoms with van der Waals surface area (Å²) < 4.78 is 4.38. The van der Waals surface area contributed by atoms with Crippen molar-refractivity contribution in [3.05, 3.63) is 198 Å². The Bertz CT molecular complexity index is 4220. The van der Waals surface area contributed by atoms with Gasteiger partial charge in [0.05, 0.1) is 0 Å². The Labute approximate surface area is 644 Å². The second-order valence-corrected chi connectivity index (χ2v) is 41.1. The molecule has 0 bridgehead atoms. The zero-order chi connectivity index (χ0) is 78.1. The van der Waals surface area contributed by atoms with Crippen LogP contribution in [-0.4, -0.2) is 28.3 Å². The molecule has 1 heterocycles. The fraction of sp³-hybridized carbons (Fsp3) is 0.515. The maximum atomic E-state index is 15.1. The van der Waals surface area contributed by atoms with Crippen molar-refractivity contribution in [1.29, 1.82) is 0 Å². The largest absolute Gasteiger partial charge is 0.569 e. The Morgan fingerprint density at radius 3 is 0.600 bits per heavy atom. The summed E-state index contributed by atoms with van der Waals surface area (Å²) in [6, 6.07) is 42.5. The molecule has 105 heavy (non-hydrogen) atoms. The summed E-state index contributed by atoms with van der Waals surface area (Å²) in [6.45, 7) is 80.2. The number of anilines is 2. The number of rotatable bonds is 25. The summed E-state index contributed by atoms with van der Waals surface area (Å²) in [5, 5.41) is 0. The predicted octanol–water partition coefficient (Wildman–Crippen LogP) is 30.1. The fourth-order valence-electron chi connectivity index (χ4n) is 16.5. The van der Waals surface area contributed by atoms with Gasteiger partial charge < -0.3 is 18.1 Å². The Morgan fingerprint density at radius 1 is 0.210 bits per heavy atom. The molecule has 9 rings (SSSR count). The van der Waals surface area contributed by atoms with Gasteiger partial charge in [-0.1, -0.05) is 314 Å². The fourth-order valence-corrected chi connectivity index (χ4v) is 20.3. The van der Waals surface area contributed by atoms with Crippen molar-refractivity contribution >= 4 is 30.1 Å². The van der Waals surface area contributed by atoms with Crippen LogP contribution in [0.25, 0.3) is 66.8 Å². The lowest BCUT2D eigenvalue weighted by Crippen LogP contribution is -2.83. The lowest BCUT2D eigenvalue weighted by molar-refractivity contribution is 0.358. The minimum Gasteiger partial charge on any atom is -0.379 e. The van der Waals surface area contributed by atoms with Gasteiger partial charge in [0, 0.05) is 33.6 Å². The van der Waals surface area contributed by atoms with Crippen LogP contribution in [0, 0.1) is 0 Å². The molecule has 0 aromatic heterocycles. The number of benzene rings is 8. The monoisotopic (exact) mass is 1440 g/mol. The van der Waals surface area contributed by atoms with E-state index in [1.807, 2.05) is 0 Å². The molecule has 0 saturated carbocycles. The molecule has 2 N–H and O–H groups in total. The van der Waals surface area contributed by atoms with Crippen molar-refractivity contribution in [2.45, 2.75) is 336 Å². The first-order chi connectivity index (χ1) is 48.9. The third-order valence-electron chi connectivity index (χ3n) is 23.2. The van der Waals surface area contributed by atoms with Crippen molar-refractivity contribution < 1.29 is 9.59 Å². The van der Waals surface area contributed by atoms with Gasteiger partial charge in [0.25, 0.3) is 0 Å². The van der Waals surface area contributed by atoms with E-state index >= 15 is 9.59 Å². The molecular weight excluding hydrogens is 1310 g/mol. The molecule has 2 radical (unpaired) electrons. The van der Waals surface area contributed by atoms with Gasteiger partial charge >= 0.3 is 18.7 Å². The molecule has 0 unspecified atom stereocenters. The summed E-state index contributed by atoms with van der Waals surface area (Å²) in [5.74, 6) is 3.85. The first-order valence-corrected chi connectivity index (χ1v) is 43.8. The minimum absolute atomic E-state index is 0.143. The van der Waals surface area contributed by atoms with Gasteiger partial charge in [0.15, 0.2) is 0 Å². The Kier molecular flexibility index (Phi) is 25.6. The maximum absolute atomic E-state index is 15.1. The summed E-state index contributed by atoms with van der Waals surface area (Å²) in [5.41, 5.74) is 38.4. The predicted molar refractivity (Wildman–Crippen MR) is 466 cm³/mol. The molecule has 0 atom stereocenters. The van der Waals surface area contributed by atoms with Gasteiger partial charge in [0.2, 0.25) is 0 Å². The average Bonchev–Trinajstić information content (AvgIpc) is 0.695. The van der Waals surface area contributed by atoms with Gasteiger partial charge in [-0.05, 0) is 264 Å². The lowest BCUT2D eigenvalue weighted by Gasteiger charge is -2.54. The van der Waals surface area contributed by atoms with Gasteiger partial charge in [-0.15, -0.1) is 0 Å². The van der Waals surface area contributed by atoms with Crippen LogP contribution in [0.5, 0.6) is 0 Å². The maximum Gasteiger partial charge on any atom is 0.569 e. The molecule has 1 aliphatic rings. The Morgan fingerprint density at radius 2 is 0.400 bits per heavy atom. The van der Waals surface area contributed by atoms with E-state index in [0.717, 1.165) is 39.2 Å². The Hall–Kier alpha value is -6.29. The molecule has 0 amide bonds. The highest BCUT2D eigenvalue weighted by atomic mass is 28.5. The number of hydrogen-bond acceptors (Lipinski definition) is 4. The molecule has 8 aromatic carbocycles. The summed E-state index contributed by atoms with van der Waals surface area (Å²) >= 11 is 0. The van der Waals surface area contributed by atoms with Crippen LogP contribution in [0.1, 0.15) is 431 Å². The van der Waals surface area contributed by atoms with Crippen LogP contribution >= 0.6 is 0 Å². The lowest BCUT2D eigenvalue weighted by atomic mass is 9.76. The SMILES string of the molecule is CC(C)c1ccc(-c2cc(-c3c(C(C)C)cc(C(C)C)cc3C(C)C)cc(-c3c(C(C)C)cc(C(C)C)cc3C(C)C)c2N2[Si]N(c3c(-c4c(C(C)C)cc(C(C)C)cc4C(C)C)cc(-c4c(C(C)C)cc(C(C)C)cc4C(C)C)cc3-c3c(C(C)C)cc(C(C)C)cc3C(C)C)[Si]2(O)O)c(C(C)C)c1. The second-order valence-electron chi connectivity index (χ2n) is 37.1. The van der Waals surface area contributed by atoms with Crippen LogP contribution in [0.2, 0.25) is 0 Å². The normalized spacial score (nSPS) is 13.8. The molecule has 0 spiro atoms. The van der Waals surface area contributed by atoms with Gasteiger partial charge in [-0.3, -0.25) is 0 Å². The smallest absolute Gasteiger partial charge is 0.379 e. The highest BCUT2D eigenvalue weighted by molar-refractivity contribution is 7.01. The van der Waals surface area contributed by atoms with E-state index in [4.69, 9.17) is 0 Å². The summed E-state index contributed by atoms with van der Waals surface area (Å²) in [6.07, 6.45) is 0. The number of nitrogens with zero attached hydrogens (tertiary/aromatic N) is 2. The molecule has 4 nitrogen and oxygen atoms in total. The average molecular weight is 1440 g/mol. The van der Waals surface area contributed by atoms with Crippen molar-refractivity contribution in [3.8, 4) is 66.8 Å². The molecule has 6 heteroatoms. The van der Waals surface area contributed by atoms with Crippen molar-refractivity contribution in [2.75, 3.05) is 8.46 Å². The zero-order valence-electron chi connectivity index (χ0n) is 71.9. The van der Waals surface area contributed by atoms with Crippen LogP contribution in [0.3, 0.4) is 0 Å². The standard InChI is InChI=1S/C99H138N2O2Si2/c1-52(2)69-35-36-77(78(37-69)58(13)14)89-48-75(93-79(59(15)16)38-70(53(3)4)39-80(93)60(17)18)49-90(95-83(63(23)24)42-72(55(7)8)43-84(95)64(25)26)98(89)100-104-101(105(100,102)103)99-91(96-85(65(27)28)44-73(56(9)10)45-86(96)66(29)30)50-76(94-81(61(19)20)40-71(54(5)6)41-82(94)62(21)22)51-92(99)97-87(67(31)32)46-74(57(11)12)47-88(97)68(33)34/h35-68,102-103H,1-34H3. The number of hydrogen-bond donors (Lipinski definition) is 2. The first-order valence-electron chi connectivity index (χ1n) is 41.1. The first kappa shape index (κ1) is 82.8. The summed E-state index contributed by atoms with van der Waals surface area (Å²) in [7, 11) is -5.14. The van der Waals surface area contributed by atoms with Crippen LogP contribution in [0.15, 0.2) is 103 Å².